The van der Waals surface area contributed by atoms with Crippen LogP contribution < -0.4 is 10.6 Å². The van der Waals surface area contributed by atoms with Gasteiger partial charge in [-0.25, -0.2) is 0 Å². The van der Waals surface area contributed by atoms with Crippen LogP contribution in [0.1, 0.15) is 32.3 Å². The van der Waals surface area contributed by atoms with E-state index in [4.69, 9.17) is 5.73 Å². The van der Waals surface area contributed by atoms with E-state index in [1.165, 1.54) is 24.1 Å². The number of hydrogen-bond donors (Lipinski definition) is 1. The monoisotopic (exact) mass is 204 g/mol. The minimum absolute atomic E-state index is 0.246. The highest BCUT2D eigenvalue weighted by molar-refractivity contribution is 5.62. The summed E-state index contributed by atoms with van der Waals surface area (Å²) < 4.78 is 0. The van der Waals surface area contributed by atoms with E-state index in [9.17, 15) is 0 Å². The van der Waals surface area contributed by atoms with Gasteiger partial charge in [0.25, 0.3) is 0 Å². The zero-order chi connectivity index (χ0) is 11.1. The molecule has 0 atom stereocenters. The Balaban J connectivity index is 2.57. The van der Waals surface area contributed by atoms with Gasteiger partial charge in [-0.05, 0) is 42.0 Å². The first-order valence-electron chi connectivity index (χ1n) is 5.62. The lowest BCUT2D eigenvalue weighted by Gasteiger charge is -2.27. The third-order valence-corrected chi connectivity index (χ3v) is 3.46. The molecule has 0 aromatic heterocycles. The molecule has 0 amide bonds. The standard InChI is InChI=1S/C13H20N2/c1-13(2)7-4-8-15(3)12-6-5-10(14)9-11(12)13/h5-6,9H,4,7-8,14H2,1-3H3. The Morgan fingerprint density at radius 3 is 2.80 bits per heavy atom. The number of rotatable bonds is 0. The molecule has 2 nitrogen and oxygen atoms in total. The van der Waals surface area contributed by atoms with Crippen molar-refractivity contribution in [3.8, 4) is 0 Å². The predicted octanol–water partition coefficient (Wildman–Crippen LogP) is 2.78. The molecule has 2 N–H and O–H groups in total. The van der Waals surface area contributed by atoms with Crippen molar-refractivity contribution in [2.45, 2.75) is 32.1 Å². The molecule has 0 aliphatic carbocycles. The second-order valence-corrected chi connectivity index (χ2v) is 5.19. The van der Waals surface area contributed by atoms with Crippen molar-refractivity contribution in [2.75, 3.05) is 24.2 Å². The molecular formula is C13H20N2. The topological polar surface area (TPSA) is 29.3 Å². The molecule has 1 aliphatic heterocycles. The van der Waals surface area contributed by atoms with Crippen LogP contribution in [0.5, 0.6) is 0 Å². The van der Waals surface area contributed by atoms with Gasteiger partial charge in [0.15, 0.2) is 0 Å². The van der Waals surface area contributed by atoms with Gasteiger partial charge in [-0.2, -0.15) is 0 Å². The van der Waals surface area contributed by atoms with Crippen molar-refractivity contribution in [1.29, 1.82) is 0 Å². The smallest absolute Gasteiger partial charge is 0.0403 e. The summed E-state index contributed by atoms with van der Waals surface area (Å²) in [4.78, 5) is 2.34. The average molecular weight is 204 g/mol. The van der Waals surface area contributed by atoms with Gasteiger partial charge in [0.05, 0.1) is 0 Å². The third-order valence-electron chi connectivity index (χ3n) is 3.46. The molecule has 15 heavy (non-hydrogen) atoms. The van der Waals surface area contributed by atoms with Crippen molar-refractivity contribution in [3.63, 3.8) is 0 Å². The summed E-state index contributed by atoms with van der Waals surface area (Å²) in [5.74, 6) is 0. The molecule has 1 aliphatic rings. The number of fused-ring (bicyclic) bond motifs is 1. The fourth-order valence-corrected chi connectivity index (χ4v) is 2.44. The first kappa shape index (κ1) is 10.3. The molecule has 0 unspecified atom stereocenters. The first-order valence-corrected chi connectivity index (χ1v) is 5.62. The normalized spacial score (nSPS) is 19.5. The van der Waals surface area contributed by atoms with E-state index in [1.807, 2.05) is 6.07 Å². The molecule has 1 aromatic carbocycles. The second kappa shape index (κ2) is 3.44. The minimum atomic E-state index is 0.246. The van der Waals surface area contributed by atoms with Crippen LogP contribution in [-0.4, -0.2) is 13.6 Å². The van der Waals surface area contributed by atoms with Crippen LogP contribution in [0.15, 0.2) is 18.2 Å². The zero-order valence-electron chi connectivity index (χ0n) is 9.88. The summed E-state index contributed by atoms with van der Waals surface area (Å²) in [5.41, 5.74) is 9.73. The highest BCUT2D eigenvalue weighted by Crippen LogP contribution is 2.39. The molecule has 0 saturated carbocycles. The fraction of sp³-hybridized carbons (Fsp3) is 0.538. The minimum Gasteiger partial charge on any atom is -0.399 e. The fourth-order valence-electron chi connectivity index (χ4n) is 2.44. The quantitative estimate of drug-likeness (QED) is 0.658. The second-order valence-electron chi connectivity index (χ2n) is 5.19. The van der Waals surface area contributed by atoms with Crippen LogP contribution in [0.2, 0.25) is 0 Å². The van der Waals surface area contributed by atoms with Crippen molar-refractivity contribution >= 4 is 11.4 Å². The highest BCUT2D eigenvalue weighted by atomic mass is 15.1. The van der Waals surface area contributed by atoms with Gasteiger partial charge in [0.1, 0.15) is 0 Å². The summed E-state index contributed by atoms with van der Waals surface area (Å²) in [6, 6.07) is 6.28. The van der Waals surface area contributed by atoms with Gasteiger partial charge in [0, 0.05) is 25.0 Å². The van der Waals surface area contributed by atoms with Crippen molar-refractivity contribution in [1.82, 2.24) is 0 Å². The van der Waals surface area contributed by atoms with Gasteiger partial charge in [-0.3, -0.25) is 0 Å². The number of hydrogen-bond acceptors (Lipinski definition) is 2. The van der Waals surface area contributed by atoms with Crippen molar-refractivity contribution in [2.24, 2.45) is 0 Å². The summed E-state index contributed by atoms with van der Waals surface area (Å²) in [7, 11) is 2.16. The van der Waals surface area contributed by atoms with Gasteiger partial charge in [0.2, 0.25) is 0 Å². The Hall–Kier alpha value is -1.18. The summed E-state index contributed by atoms with van der Waals surface area (Å²) >= 11 is 0. The molecule has 1 aromatic rings. The summed E-state index contributed by atoms with van der Waals surface area (Å²) in [6.45, 7) is 5.76. The van der Waals surface area contributed by atoms with Crippen molar-refractivity contribution in [3.05, 3.63) is 23.8 Å². The van der Waals surface area contributed by atoms with Gasteiger partial charge < -0.3 is 10.6 Å². The Bertz CT molecular complexity index is 369. The molecule has 82 valence electrons. The maximum absolute atomic E-state index is 5.88. The van der Waals surface area contributed by atoms with Crippen LogP contribution in [0.4, 0.5) is 11.4 Å². The Morgan fingerprint density at radius 2 is 2.07 bits per heavy atom. The van der Waals surface area contributed by atoms with E-state index < -0.39 is 0 Å². The third kappa shape index (κ3) is 1.81. The van der Waals surface area contributed by atoms with Gasteiger partial charge in [-0.15, -0.1) is 0 Å². The highest BCUT2D eigenvalue weighted by Gasteiger charge is 2.27. The number of benzene rings is 1. The molecule has 1 heterocycles. The Kier molecular flexibility index (Phi) is 2.37. The number of nitrogens with two attached hydrogens (primary N) is 1. The molecular weight excluding hydrogens is 184 g/mol. The molecule has 0 radical (unpaired) electrons. The summed E-state index contributed by atoms with van der Waals surface area (Å²) in [5, 5.41) is 0. The SMILES string of the molecule is CN1CCCC(C)(C)c2cc(N)ccc21. The maximum Gasteiger partial charge on any atom is 0.0403 e. The number of anilines is 2. The lowest BCUT2D eigenvalue weighted by Crippen LogP contribution is -2.19. The number of nitrogens with zero attached hydrogens (tertiary/aromatic N) is 1. The molecule has 0 bridgehead atoms. The molecule has 0 fully saturated rings. The van der Waals surface area contributed by atoms with Crippen LogP contribution in [0.25, 0.3) is 0 Å². The lowest BCUT2D eigenvalue weighted by atomic mass is 9.80. The van der Waals surface area contributed by atoms with Crippen LogP contribution >= 0.6 is 0 Å². The van der Waals surface area contributed by atoms with E-state index in [-0.39, 0.29) is 5.41 Å². The van der Waals surface area contributed by atoms with Crippen LogP contribution in [0, 0.1) is 0 Å². The van der Waals surface area contributed by atoms with Gasteiger partial charge >= 0.3 is 0 Å². The van der Waals surface area contributed by atoms with E-state index in [0.29, 0.717) is 0 Å². The molecule has 2 heteroatoms. The first-order chi connectivity index (χ1) is 7.00. The lowest BCUT2D eigenvalue weighted by molar-refractivity contribution is 0.477. The van der Waals surface area contributed by atoms with Crippen molar-refractivity contribution < 1.29 is 0 Å². The van der Waals surface area contributed by atoms with Gasteiger partial charge in [-0.1, -0.05) is 13.8 Å². The van der Waals surface area contributed by atoms with E-state index in [1.54, 1.807) is 0 Å². The van der Waals surface area contributed by atoms with E-state index >= 15 is 0 Å². The predicted molar refractivity (Wildman–Crippen MR) is 66.4 cm³/mol. The molecule has 0 spiro atoms. The van der Waals surface area contributed by atoms with E-state index in [0.717, 1.165) is 12.2 Å². The zero-order valence-corrected chi connectivity index (χ0v) is 9.88. The maximum atomic E-state index is 5.88. The number of nitrogen functional groups attached to an aromatic ring is 1. The summed E-state index contributed by atoms with van der Waals surface area (Å²) in [6.07, 6.45) is 2.48. The molecule has 0 saturated heterocycles. The van der Waals surface area contributed by atoms with E-state index in [2.05, 4.69) is 37.9 Å². The van der Waals surface area contributed by atoms with Crippen LogP contribution in [-0.2, 0) is 5.41 Å². The Labute approximate surface area is 92.1 Å². The molecule has 2 rings (SSSR count). The average Bonchev–Trinajstić information content (AvgIpc) is 2.26. The van der Waals surface area contributed by atoms with Crippen LogP contribution in [0.3, 0.4) is 0 Å². The largest absolute Gasteiger partial charge is 0.399 e. The Morgan fingerprint density at radius 1 is 1.33 bits per heavy atom.